The predicted octanol–water partition coefficient (Wildman–Crippen LogP) is 5.50. The van der Waals surface area contributed by atoms with E-state index in [2.05, 4.69) is 19.2 Å². The van der Waals surface area contributed by atoms with Crippen molar-refractivity contribution >= 4 is 33.7 Å². The second-order valence-corrected chi connectivity index (χ2v) is 7.20. The van der Waals surface area contributed by atoms with Gasteiger partial charge in [-0.3, -0.25) is 4.79 Å². The number of nitrogens with one attached hydrogen (secondary N) is 1. The van der Waals surface area contributed by atoms with Crippen molar-refractivity contribution < 1.29 is 9.53 Å². The van der Waals surface area contributed by atoms with Crippen molar-refractivity contribution in [3.63, 3.8) is 0 Å². The van der Waals surface area contributed by atoms with Crippen LogP contribution in [-0.4, -0.2) is 12.5 Å². The third kappa shape index (κ3) is 3.60. The maximum absolute atomic E-state index is 12.5. The van der Waals surface area contributed by atoms with Gasteiger partial charge in [0.1, 0.15) is 5.75 Å². The van der Waals surface area contributed by atoms with E-state index >= 15 is 0 Å². The number of rotatable bonds is 5. The molecule has 0 saturated carbocycles. The van der Waals surface area contributed by atoms with Crippen LogP contribution in [0.5, 0.6) is 5.75 Å². The lowest BCUT2D eigenvalue weighted by Crippen LogP contribution is -2.11. The van der Waals surface area contributed by atoms with Gasteiger partial charge in [-0.2, -0.15) is 0 Å². The molecule has 4 heteroatoms. The highest BCUT2D eigenvalue weighted by molar-refractivity contribution is 7.12. The van der Waals surface area contributed by atoms with Crippen LogP contribution in [0.25, 0.3) is 10.8 Å². The van der Waals surface area contributed by atoms with E-state index in [0.29, 0.717) is 12.5 Å². The van der Waals surface area contributed by atoms with Crippen molar-refractivity contribution in [3.8, 4) is 5.75 Å². The highest BCUT2D eigenvalue weighted by Crippen LogP contribution is 2.29. The number of carbonyl (C=O) groups is 1. The lowest BCUT2D eigenvalue weighted by atomic mass is 10.1. The van der Waals surface area contributed by atoms with Gasteiger partial charge in [0, 0.05) is 11.1 Å². The fraction of sp³-hybridized carbons (Fsp3) is 0.250. The Morgan fingerprint density at radius 2 is 2.04 bits per heavy atom. The second kappa shape index (κ2) is 7.05. The van der Waals surface area contributed by atoms with E-state index in [1.165, 1.54) is 11.3 Å². The zero-order valence-corrected chi connectivity index (χ0v) is 14.9. The van der Waals surface area contributed by atoms with Crippen molar-refractivity contribution in [3.05, 3.63) is 58.3 Å². The maximum Gasteiger partial charge on any atom is 0.266 e. The van der Waals surface area contributed by atoms with Gasteiger partial charge in [0.05, 0.1) is 11.5 Å². The van der Waals surface area contributed by atoms with Crippen molar-refractivity contribution in [2.75, 3.05) is 11.9 Å². The summed E-state index contributed by atoms with van der Waals surface area (Å²) < 4.78 is 5.82. The van der Waals surface area contributed by atoms with Gasteiger partial charge in [-0.1, -0.05) is 32.0 Å². The summed E-state index contributed by atoms with van der Waals surface area (Å²) in [7, 11) is 0. The number of fused-ring (bicyclic) bond motifs is 1. The Labute approximate surface area is 146 Å². The molecule has 0 saturated heterocycles. The molecule has 0 atom stereocenters. The highest BCUT2D eigenvalue weighted by atomic mass is 32.1. The van der Waals surface area contributed by atoms with E-state index in [1.54, 1.807) is 0 Å². The Balaban J connectivity index is 1.90. The van der Waals surface area contributed by atoms with Crippen molar-refractivity contribution in [2.45, 2.75) is 20.8 Å². The van der Waals surface area contributed by atoms with Crippen LogP contribution in [-0.2, 0) is 0 Å². The number of amides is 1. The summed E-state index contributed by atoms with van der Waals surface area (Å²) in [6.45, 7) is 6.87. The molecule has 0 bridgehead atoms. The standard InChI is InChI=1S/C20H21NO2S/c1-13(2)12-23-16-8-7-15-5-4-6-18(17(15)11-16)21-20(22)19-14(3)9-10-24-19/h4-11,13H,12H2,1-3H3,(H,21,22). The van der Waals surface area contributed by atoms with Gasteiger partial charge in [-0.25, -0.2) is 0 Å². The minimum atomic E-state index is -0.0662. The van der Waals surface area contributed by atoms with Crippen LogP contribution < -0.4 is 10.1 Å². The number of thiophene rings is 1. The third-order valence-electron chi connectivity index (χ3n) is 3.75. The van der Waals surface area contributed by atoms with E-state index in [-0.39, 0.29) is 5.91 Å². The molecule has 3 aromatic rings. The zero-order chi connectivity index (χ0) is 17.1. The number of hydrogen-bond acceptors (Lipinski definition) is 3. The molecule has 0 spiro atoms. The number of benzene rings is 2. The molecular formula is C20H21NO2S. The minimum absolute atomic E-state index is 0.0662. The first-order valence-corrected chi connectivity index (χ1v) is 8.93. The number of aryl methyl sites for hydroxylation is 1. The van der Waals surface area contributed by atoms with Crippen molar-refractivity contribution in [1.29, 1.82) is 0 Å². The van der Waals surface area contributed by atoms with Crippen molar-refractivity contribution in [1.82, 2.24) is 0 Å². The van der Waals surface area contributed by atoms with Crippen molar-refractivity contribution in [2.24, 2.45) is 5.92 Å². The molecule has 0 aliphatic carbocycles. The molecule has 1 N–H and O–H groups in total. The van der Waals surface area contributed by atoms with Crippen LogP contribution in [0.15, 0.2) is 47.8 Å². The van der Waals surface area contributed by atoms with E-state index in [1.807, 2.05) is 54.8 Å². The summed E-state index contributed by atoms with van der Waals surface area (Å²) in [5.74, 6) is 1.23. The first-order valence-electron chi connectivity index (χ1n) is 8.05. The summed E-state index contributed by atoms with van der Waals surface area (Å²) in [5, 5.41) is 7.04. The number of carbonyl (C=O) groups excluding carboxylic acids is 1. The van der Waals surface area contributed by atoms with Gasteiger partial charge in [0.25, 0.3) is 5.91 Å². The van der Waals surface area contributed by atoms with Crippen LogP contribution in [0.3, 0.4) is 0 Å². The van der Waals surface area contributed by atoms with Crippen LogP contribution >= 0.6 is 11.3 Å². The SMILES string of the molecule is Cc1ccsc1C(=O)Nc1cccc2ccc(OCC(C)C)cc12. The molecule has 0 unspecified atom stereocenters. The van der Waals surface area contributed by atoms with Gasteiger partial charge in [0.2, 0.25) is 0 Å². The van der Waals surface area contributed by atoms with Crippen LogP contribution in [0.1, 0.15) is 29.1 Å². The summed E-state index contributed by atoms with van der Waals surface area (Å²) >= 11 is 1.46. The van der Waals surface area contributed by atoms with Gasteiger partial charge in [-0.15, -0.1) is 11.3 Å². The highest BCUT2D eigenvalue weighted by Gasteiger charge is 2.12. The molecule has 124 valence electrons. The molecule has 0 fully saturated rings. The maximum atomic E-state index is 12.5. The average molecular weight is 339 g/mol. The summed E-state index contributed by atoms with van der Waals surface area (Å²) in [6.07, 6.45) is 0. The lowest BCUT2D eigenvalue weighted by molar-refractivity contribution is 0.103. The third-order valence-corrected chi connectivity index (χ3v) is 4.77. The molecule has 1 heterocycles. The van der Waals surface area contributed by atoms with Gasteiger partial charge < -0.3 is 10.1 Å². The molecule has 0 aliphatic heterocycles. The number of hydrogen-bond donors (Lipinski definition) is 1. The summed E-state index contributed by atoms with van der Waals surface area (Å²) in [5.41, 5.74) is 1.80. The summed E-state index contributed by atoms with van der Waals surface area (Å²) in [6, 6.07) is 13.9. The molecule has 1 aromatic heterocycles. The Kier molecular flexibility index (Phi) is 4.86. The number of ether oxygens (including phenoxy) is 1. The summed E-state index contributed by atoms with van der Waals surface area (Å²) in [4.78, 5) is 13.3. The fourth-order valence-corrected chi connectivity index (χ4v) is 3.32. The minimum Gasteiger partial charge on any atom is -0.493 e. The smallest absolute Gasteiger partial charge is 0.266 e. The molecule has 0 aliphatic rings. The Bertz CT molecular complexity index is 867. The van der Waals surface area contributed by atoms with Crippen LogP contribution in [0.2, 0.25) is 0 Å². The normalized spacial score (nSPS) is 11.0. The van der Waals surface area contributed by atoms with E-state index in [0.717, 1.165) is 32.6 Å². The van der Waals surface area contributed by atoms with E-state index in [9.17, 15) is 4.79 Å². The Morgan fingerprint density at radius 1 is 1.21 bits per heavy atom. The largest absolute Gasteiger partial charge is 0.493 e. The predicted molar refractivity (Wildman–Crippen MR) is 101 cm³/mol. The first-order chi connectivity index (χ1) is 11.5. The molecule has 24 heavy (non-hydrogen) atoms. The topological polar surface area (TPSA) is 38.3 Å². The van der Waals surface area contributed by atoms with Gasteiger partial charge >= 0.3 is 0 Å². The molecule has 3 rings (SSSR count). The number of anilines is 1. The molecule has 3 nitrogen and oxygen atoms in total. The fourth-order valence-electron chi connectivity index (χ4n) is 2.50. The Morgan fingerprint density at radius 3 is 2.75 bits per heavy atom. The second-order valence-electron chi connectivity index (χ2n) is 6.28. The average Bonchev–Trinajstić information content (AvgIpc) is 2.99. The van der Waals surface area contributed by atoms with Gasteiger partial charge in [0.15, 0.2) is 0 Å². The quantitative estimate of drug-likeness (QED) is 0.667. The monoisotopic (exact) mass is 339 g/mol. The molecule has 1 amide bonds. The molecule has 2 aromatic carbocycles. The lowest BCUT2D eigenvalue weighted by Gasteiger charge is -2.12. The van der Waals surface area contributed by atoms with Crippen LogP contribution in [0.4, 0.5) is 5.69 Å². The zero-order valence-electron chi connectivity index (χ0n) is 14.1. The first kappa shape index (κ1) is 16.5. The van der Waals surface area contributed by atoms with Crippen LogP contribution in [0, 0.1) is 12.8 Å². The molecule has 0 radical (unpaired) electrons. The van der Waals surface area contributed by atoms with Gasteiger partial charge in [-0.05, 0) is 53.4 Å². The molecular weight excluding hydrogens is 318 g/mol. The Hall–Kier alpha value is -2.33. The van der Waals surface area contributed by atoms with E-state index in [4.69, 9.17) is 4.74 Å². The van der Waals surface area contributed by atoms with E-state index < -0.39 is 0 Å².